The van der Waals surface area contributed by atoms with Crippen LogP contribution in [0.5, 0.6) is 0 Å². The highest BCUT2D eigenvalue weighted by Crippen LogP contribution is 2.54. The third-order valence-corrected chi connectivity index (χ3v) is 17.0. The summed E-state index contributed by atoms with van der Waals surface area (Å²) in [5.74, 6) is 0. The molecule has 8 aromatic rings. The molecule has 0 amide bonds. The van der Waals surface area contributed by atoms with Gasteiger partial charge >= 0.3 is 0 Å². The zero-order valence-electron chi connectivity index (χ0n) is 37.5. The monoisotopic (exact) mass is 826 g/mol. The van der Waals surface area contributed by atoms with Gasteiger partial charge in [0, 0.05) is 0 Å². The molecule has 0 bridgehead atoms. The summed E-state index contributed by atoms with van der Waals surface area (Å²) in [6.07, 6.45) is 7.59. The second-order valence-electron chi connectivity index (χ2n) is 16.7. The number of hydrogen-bond donors (Lipinski definition) is 0. The van der Waals surface area contributed by atoms with Gasteiger partial charge < -0.3 is 0 Å². The van der Waals surface area contributed by atoms with Crippen molar-refractivity contribution in [2.24, 2.45) is 0 Å². The summed E-state index contributed by atoms with van der Waals surface area (Å²) in [4.78, 5) is 0. The first kappa shape index (κ1) is 44.3. The maximum absolute atomic E-state index is 2.46. The van der Waals surface area contributed by atoms with E-state index in [1.807, 2.05) is 0 Å². The minimum atomic E-state index is -1.91. The van der Waals surface area contributed by atoms with Crippen molar-refractivity contribution >= 4 is 56.5 Å². The van der Waals surface area contributed by atoms with Crippen LogP contribution in [0.2, 0.25) is 0 Å². The second kappa shape index (κ2) is 21.9. The van der Waals surface area contributed by atoms with Crippen LogP contribution in [0.15, 0.2) is 218 Å². The van der Waals surface area contributed by atoms with E-state index in [9.17, 15) is 0 Å². The van der Waals surface area contributed by atoms with Gasteiger partial charge in [0.2, 0.25) is 0 Å². The smallest absolute Gasteiger partial charge is 0.144 e. The molecule has 0 saturated heterocycles. The highest BCUT2D eigenvalue weighted by Gasteiger charge is 2.47. The van der Waals surface area contributed by atoms with E-state index in [4.69, 9.17) is 0 Å². The maximum Gasteiger partial charge on any atom is 0.144 e. The lowest BCUT2D eigenvalue weighted by atomic mass is 9.11. The quantitative estimate of drug-likeness (QED) is 0.0672. The second-order valence-corrected chi connectivity index (χ2v) is 20.1. The number of hydrogen-bond acceptors (Lipinski definition) is 0. The van der Waals surface area contributed by atoms with Gasteiger partial charge in [-0.25, -0.2) is 0 Å². The van der Waals surface area contributed by atoms with E-state index < -0.39 is 13.4 Å². The van der Waals surface area contributed by atoms with Gasteiger partial charge in [0.05, 0.1) is 0 Å². The Kier molecular flexibility index (Phi) is 15.6. The Labute approximate surface area is 374 Å². The fourth-order valence-corrected chi connectivity index (χ4v) is 14.6. The fraction of sp³-hybridized carbons (Fsp3) is 0.200. The summed E-state index contributed by atoms with van der Waals surface area (Å²) >= 11 is 0. The molecule has 0 atom stereocenters. The average molecular weight is 827 g/mol. The van der Waals surface area contributed by atoms with Crippen molar-refractivity contribution in [1.82, 2.24) is 0 Å². The van der Waals surface area contributed by atoms with Crippen LogP contribution in [0.4, 0.5) is 0 Å². The summed E-state index contributed by atoms with van der Waals surface area (Å²) < 4.78 is 0. The van der Waals surface area contributed by atoms with Gasteiger partial charge in [-0.05, 0) is 74.2 Å². The molecule has 0 fully saturated rings. The summed E-state index contributed by atoms with van der Waals surface area (Å²) in [6.45, 7) is 9.25. The topological polar surface area (TPSA) is 0 Å². The Bertz CT molecular complexity index is 2200. The Morgan fingerprint density at radius 3 is 0.661 bits per heavy atom. The molecule has 0 saturated carbocycles. The van der Waals surface area contributed by atoms with Crippen LogP contribution >= 0.6 is 7.26 Å². The van der Waals surface area contributed by atoms with E-state index in [2.05, 4.69) is 246 Å². The first-order valence-electron chi connectivity index (χ1n) is 23.2. The van der Waals surface area contributed by atoms with Gasteiger partial charge in [-0.1, -0.05) is 245 Å². The normalized spacial score (nSPS) is 11.4. The molecule has 312 valence electrons. The average Bonchev–Trinajstić information content (AvgIpc) is 3.33. The Hall–Kier alpha value is -5.75. The van der Waals surface area contributed by atoms with Gasteiger partial charge in [0.1, 0.15) is 34.6 Å². The molecule has 8 aromatic carbocycles. The van der Waals surface area contributed by atoms with Crippen LogP contribution in [0, 0.1) is 0 Å². The van der Waals surface area contributed by atoms with Crippen molar-refractivity contribution in [3.05, 3.63) is 241 Å². The molecule has 0 unspecified atom stereocenters. The van der Waals surface area contributed by atoms with E-state index in [1.54, 1.807) is 0 Å². The SMILES string of the molecule is CCCc1ccccc1[B-](c1ccccc1CCC)(c1ccccc1CCC)c1ccccc1CCC.c1ccc([P+](c2ccccc2)(c2ccccc2)c2ccccc2)cc1. The minimum absolute atomic E-state index is 1.10. The lowest BCUT2D eigenvalue weighted by Gasteiger charge is -2.49. The van der Waals surface area contributed by atoms with E-state index in [-0.39, 0.29) is 0 Å². The Morgan fingerprint density at radius 2 is 0.452 bits per heavy atom. The molecule has 0 aromatic heterocycles. The molecule has 0 aliphatic heterocycles. The van der Waals surface area contributed by atoms with Gasteiger partial charge in [-0.2, -0.15) is 21.9 Å². The summed E-state index contributed by atoms with van der Waals surface area (Å²) in [5.41, 5.74) is 12.0. The van der Waals surface area contributed by atoms with Crippen LogP contribution in [0.3, 0.4) is 0 Å². The third kappa shape index (κ3) is 9.07. The van der Waals surface area contributed by atoms with Gasteiger partial charge in [0.25, 0.3) is 0 Å². The zero-order valence-corrected chi connectivity index (χ0v) is 38.4. The van der Waals surface area contributed by atoms with E-state index in [1.165, 1.54) is 65.3 Å². The molecule has 8 rings (SSSR count). The number of aryl methyl sites for hydroxylation is 4. The van der Waals surface area contributed by atoms with Crippen molar-refractivity contribution in [2.75, 3.05) is 0 Å². The highest BCUT2D eigenvalue weighted by molar-refractivity contribution is 8.01. The lowest BCUT2D eigenvalue weighted by molar-refractivity contribution is 0.920. The van der Waals surface area contributed by atoms with Crippen LogP contribution < -0.4 is 43.1 Å². The first-order chi connectivity index (χ1) is 30.6. The van der Waals surface area contributed by atoms with Crippen molar-refractivity contribution in [3.8, 4) is 0 Å². The van der Waals surface area contributed by atoms with Crippen LogP contribution in [0.25, 0.3) is 0 Å². The summed E-state index contributed by atoms with van der Waals surface area (Å²) in [5, 5.41) is 5.55. The molecule has 0 N–H and O–H groups in total. The van der Waals surface area contributed by atoms with Crippen molar-refractivity contribution in [3.63, 3.8) is 0 Å². The van der Waals surface area contributed by atoms with Gasteiger partial charge in [-0.3, -0.25) is 0 Å². The van der Waals surface area contributed by atoms with E-state index in [0.29, 0.717) is 0 Å². The predicted octanol–water partition coefficient (Wildman–Crippen LogP) is 11.2. The molecule has 0 aliphatic carbocycles. The first-order valence-corrected chi connectivity index (χ1v) is 25.0. The van der Waals surface area contributed by atoms with Crippen LogP contribution in [0.1, 0.15) is 75.6 Å². The molecule has 0 aliphatic rings. The molecule has 62 heavy (non-hydrogen) atoms. The Morgan fingerprint density at radius 1 is 0.258 bits per heavy atom. The largest absolute Gasteiger partial charge is 0.192 e. The third-order valence-electron chi connectivity index (χ3n) is 12.7. The molecular formula is C60H64BP. The molecule has 0 heterocycles. The molecule has 0 spiro atoms. The molecular weight excluding hydrogens is 762 g/mol. The van der Waals surface area contributed by atoms with Crippen molar-refractivity contribution < 1.29 is 0 Å². The molecule has 0 radical (unpaired) electrons. The summed E-state index contributed by atoms with van der Waals surface area (Å²) in [6, 6.07) is 81.3. The standard InChI is InChI=1S/C36H44B.C24H20P/c1-5-17-29-21-9-13-25-33(29)37(34-26-14-10-22-30(34)18-6-2,35-27-15-11-23-31(35)19-7-3)36-28-16-12-24-32(36)20-8-4;1-5-13-21(14-6-1)25(22-15-7-2-8-16-22,23-17-9-3-10-18-23)24-19-11-4-12-20-24/h9-16,21-28H,5-8,17-20H2,1-4H3;1-20H/q-1;+1. The maximum atomic E-state index is 2.46. The predicted molar refractivity (Wildman–Crippen MR) is 277 cm³/mol. The van der Waals surface area contributed by atoms with Gasteiger partial charge in [0.15, 0.2) is 0 Å². The minimum Gasteiger partial charge on any atom is -0.192 e. The number of rotatable bonds is 16. The summed E-state index contributed by atoms with van der Waals surface area (Å²) in [7, 11) is -1.91. The van der Waals surface area contributed by atoms with E-state index >= 15 is 0 Å². The van der Waals surface area contributed by atoms with E-state index in [0.717, 1.165) is 51.4 Å². The zero-order chi connectivity index (χ0) is 43.0. The van der Waals surface area contributed by atoms with Gasteiger partial charge in [-0.15, -0.1) is 0 Å². The molecule has 0 nitrogen and oxygen atoms in total. The van der Waals surface area contributed by atoms with Crippen LogP contribution in [-0.4, -0.2) is 6.15 Å². The molecule has 2 heteroatoms. The fourth-order valence-electron chi connectivity index (χ4n) is 10.3. The number of benzene rings is 8. The van der Waals surface area contributed by atoms with Crippen molar-refractivity contribution in [1.29, 1.82) is 0 Å². The van der Waals surface area contributed by atoms with Crippen molar-refractivity contribution in [2.45, 2.75) is 79.1 Å². The van der Waals surface area contributed by atoms with Crippen LogP contribution in [-0.2, 0) is 25.7 Å². The highest BCUT2D eigenvalue weighted by atomic mass is 31.2. The lowest BCUT2D eigenvalue weighted by Crippen LogP contribution is -2.77. The Balaban J connectivity index is 0.000000200.